The first kappa shape index (κ1) is 19.6. The number of amides is 1. The van der Waals surface area contributed by atoms with Crippen LogP contribution in [0, 0.1) is 0 Å². The first-order valence-corrected chi connectivity index (χ1v) is 9.89. The Bertz CT molecular complexity index is 696. The van der Waals surface area contributed by atoms with Gasteiger partial charge in [-0.2, -0.15) is 0 Å². The highest BCUT2D eigenvalue weighted by molar-refractivity contribution is 5.78. The summed E-state index contributed by atoms with van der Waals surface area (Å²) in [5, 5.41) is 13.3. The normalized spacial score (nSPS) is 19.0. The summed E-state index contributed by atoms with van der Waals surface area (Å²) in [5.74, 6) is 0.815. The predicted molar refractivity (Wildman–Crippen MR) is 103 cm³/mol. The number of furan rings is 1. The molecule has 1 aromatic heterocycles. The Morgan fingerprint density at radius 3 is 2.63 bits per heavy atom. The first-order valence-electron chi connectivity index (χ1n) is 9.89. The lowest BCUT2D eigenvalue weighted by Gasteiger charge is -2.20. The van der Waals surface area contributed by atoms with Gasteiger partial charge in [0.1, 0.15) is 11.9 Å². The third-order valence-electron chi connectivity index (χ3n) is 5.06. The van der Waals surface area contributed by atoms with Gasteiger partial charge >= 0.3 is 0 Å². The third kappa shape index (κ3) is 5.44. The largest absolute Gasteiger partial charge is 0.466 e. The molecule has 1 aliphatic heterocycles. The number of unbranched alkanes of at least 4 members (excludes halogenated alkanes) is 2. The minimum atomic E-state index is -0.428. The molecule has 2 unspecified atom stereocenters. The Kier molecular flexibility index (Phi) is 7.07. The van der Waals surface area contributed by atoms with Crippen LogP contribution in [0.5, 0.6) is 0 Å². The van der Waals surface area contributed by atoms with Gasteiger partial charge in [-0.3, -0.25) is 4.79 Å². The van der Waals surface area contributed by atoms with Gasteiger partial charge in [-0.1, -0.05) is 50.5 Å². The van der Waals surface area contributed by atoms with Gasteiger partial charge in [-0.05, 0) is 36.1 Å². The number of aliphatic hydroxyl groups is 1. The average molecular weight is 371 g/mol. The van der Waals surface area contributed by atoms with E-state index in [0.29, 0.717) is 13.0 Å². The van der Waals surface area contributed by atoms with Crippen molar-refractivity contribution in [2.75, 3.05) is 6.61 Å². The van der Waals surface area contributed by atoms with Crippen molar-refractivity contribution >= 4 is 5.91 Å². The molecule has 1 amide bonds. The van der Waals surface area contributed by atoms with Crippen LogP contribution in [0.1, 0.15) is 74.5 Å². The van der Waals surface area contributed by atoms with Crippen LogP contribution in [0.3, 0.4) is 0 Å². The Hall–Kier alpha value is -2.11. The smallest absolute Gasteiger partial charge is 0.220 e. The number of rotatable bonds is 10. The highest BCUT2D eigenvalue weighted by atomic mass is 16.5. The highest BCUT2D eigenvalue weighted by Gasteiger charge is 2.24. The van der Waals surface area contributed by atoms with Gasteiger partial charge in [0.25, 0.3) is 0 Å². The average Bonchev–Trinajstić information content (AvgIpc) is 3.35. The molecule has 1 fully saturated rings. The molecule has 5 nitrogen and oxygen atoms in total. The van der Waals surface area contributed by atoms with Crippen molar-refractivity contribution < 1.29 is 19.1 Å². The van der Waals surface area contributed by atoms with Crippen LogP contribution in [0.2, 0.25) is 0 Å². The van der Waals surface area contributed by atoms with E-state index >= 15 is 0 Å². The zero-order valence-corrected chi connectivity index (χ0v) is 15.9. The van der Waals surface area contributed by atoms with Gasteiger partial charge in [0, 0.05) is 6.42 Å². The Labute approximate surface area is 160 Å². The molecule has 27 heavy (non-hydrogen) atoms. The number of aliphatic hydroxyl groups excluding tert-OH is 1. The number of ether oxygens (including phenoxy) is 1. The molecule has 0 aliphatic carbocycles. The molecule has 5 heteroatoms. The van der Waals surface area contributed by atoms with E-state index in [-0.39, 0.29) is 18.1 Å². The lowest BCUT2D eigenvalue weighted by molar-refractivity contribution is -0.119. The maximum Gasteiger partial charge on any atom is 0.220 e. The second-order valence-corrected chi connectivity index (χ2v) is 7.21. The topological polar surface area (TPSA) is 71.7 Å². The molecular formula is C22H29NO4. The number of benzene rings is 1. The number of carbonyl (C=O) groups excluding carboxylic acids is 1. The van der Waals surface area contributed by atoms with Gasteiger partial charge in [0.15, 0.2) is 0 Å². The van der Waals surface area contributed by atoms with Gasteiger partial charge < -0.3 is 19.6 Å². The second-order valence-electron chi connectivity index (χ2n) is 7.21. The van der Waals surface area contributed by atoms with E-state index < -0.39 is 6.10 Å². The van der Waals surface area contributed by atoms with Crippen LogP contribution in [0.4, 0.5) is 0 Å². The van der Waals surface area contributed by atoms with Crippen molar-refractivity contribution in [3.63, 3.8) is 0 Å². The minimum Gasteiger partial charge on any atom is -0.466 e. The fraction of sp³-hybridized carbons (Fsp3) is 0.500. The summed E-state index contributed by atoms with van der Waals surface area (Å²) < 4.78 is 11.7. The summed E-state index contributed by atoms with van der Waals surface area (Å²) in [4.78, 5) is 11.4. The molecule has 0 bridgehead atoms. The van der Waals surface area contributed by atoms with E-state index in [4.69, 9.17) is 9.15 Å². The Morgan fingerprint density at radius 1 is 1.22 bits per heavy atom. The van der Waals surface area contributed by atoms with E-state index in [2.05, 4.69) is 12.2 Å². The van der Waals surface area contributed by atoms with Crippen LogP contribution in [0.25, 0.3) is 0 Å². The third-order valence-corrected chi connectivity index (χ3v) is 5.06. The van der Waals surface area contributed by atoms with Crippen LogP contribution in [0.15, 0.2) is 47.1 Å². The molecule has 1 aromatic carbocycles. The molecule has 0 saturated carbocycles. The molecule has 0 spiro atoms. The van der Waals surface area contributed by atoms with E-state index in [9.17, 15) is 9.90 Å². The standard InChI is InChI=1S/C22H29NO4/c1-2-3-4-6-19(24)16-8-10-17(11-9-16)22(20-7-5-14-26-20)27-15-18-12-13-21(25)23-18/h5,7-11,14,18-19,22,24H,2-4,6,12-13,15H2,1H3,(H,23,25)/t18?,19?,22-/m1/s1. The molecule has 2 heterocycles. The van der Waals surface area contributed by atoms with Crippen LogP contribution < -0.4 is 5.32 Å². The summed E-state index contributed by atoms with van der Waals surface area (Å²) in [6.45, 7) is 2.60. The molecule has 1 saturated heterocycles. The first-order chi connectivity index (χ1) is 13.2. The molecule has 1 aliphatic rings. The summed E-state index contributed by atoms with van der Waals surface area (Å²) in [6.07, 6.45) is 6.34. The number of hydrogen-bond acceptors (Lipinski definition) is 4. The van der Waals surface area contributed by atoms with Crippen LogP contribution in [-0.4, -0.2) is 23.7 Å². The van der Waals surface area contributed by atoms with Gasteiger partial charge in [-0.15, -0.1) is 0 Å². The van der Waals surface area contributed by atoms with Gasteiger partial charge in [-0.25, -0.2) is 0 Å². The molecule has 0 radical (unpaired) electrons. The molecule has 146 valence electrons. The van der Waals surface area contributed by atoms with E-state index in [1.54, 1.807) is 6.26 Å². The van der Waals surface area contributed by atoms with Crippen LogP contribution in [-0.2, 0) is 9.53 Å². The zero-order chi connectivity index (χ0) is 19.1. The van der Waals surface area contributed by atoms with Crippen molar-refractivity contribution in [3.8, 4) is 0 Å². The second kappa shape index (κ2) is 9.72. The Balaban J connectivity index is 1.66. The molecule has 2 aromatic rings. The monoisotopic (exact) mass is 371 g/mol. The van der Waals surface area contributed by atoms with E-state index in [0.717, 1.165) is 49.0 Å². The molecular weight excluding hydrogens is 342 g/mol. The lowest BCUT2D eigenvalue weighted by Crippen LogP contribution is -2.30. The quantitative estimate of drug-likeness (QED) is 0.612. The minimum absolute atomic E-state index is 0.0506. The van der Waals surface area contributed by atoms with E-state index in [1.165, 1.54) is 0 Å². The van der Waals surface area contributed by atoms with Crippen molar-refractivity contribution in [1.82, 2.24) is 5.32 Å². The highest BCUT2D eigenvalue weighted by Crippen LogP contribution is 2.29. The predicted octanol–water partition coefficient (Wildman–Crippen LogP) is 4.28. The van der Waals surface area contributed by atoms with Crippen molar-refractivity contribution in [2.45, 2.75) is 63.7 Å². The summed E-state index contributed by atoms with van der Waals surface area (Å²) in [5.41, 5.74) is 1.90. The van der Waals surface area contributed by atoms with Crippen LogP contribution >= 0.6 is 0 Å². The maximum atomic E-state index is 11.4. The number of carbonyl (C=O) groups is 1. The number of hydrogen-bond donors (Lipinski definition) is 2. The van der Waals surface area contributed by atoms with Gasteiger partial charge in [0.05, 0.1) is 25.0 Å². The maximum absolute atomic E-state index is 11.4. The Morgan fingerprint density at radius 2 is 2.00 bits per heavy atom. The number of nitrogens with one attached hydrogen (secondary N) is 1. The molecule has 3 rings (SSSR count). The van der Waals surface area contributed by atoms with E-state index in [1.807, 2.05) is 36.4 Å². The summed E-state index contributed by atoms with van der Waals surface area (Å²) in [7, 11) is 0. The van der Waals surface area contributed by atoms with Crippen molar-refractivity contribution in [3.05, 3.63) is 59.5 Å². The fourth-order valence-electron chi connectivity index (χ4n) is 3.45. The van der Waals surface area contributed by atoms with Gasteiger partial charge in [0.2, 0.25) is 5.91 Å². The summed E-state index contributed by atoms with van der Waals surface area (Å²) >= 11 is 0. The van der Waals surface area contributed by atoms with Crippen molar-refractivity contribution in [1.29, 1.82) is 0 Å². The lowest BCUT2D eigenvalue weighted by atomic mass is 9.99. The molecule has 3 atom stereocenters. The molecule has 2 N–H and O–H groups in total. The van der Waals surface area contributed by atoms with Crippen molar-refractivity contribution in [2.24, 2.45) is 0 Å². The summed E-state index contributed by atoms with van der Waals surface area (Å²) in [6, 6.07) is 11.7. The fourth-order valence-corrected chi connectivity index (χ4v) is 3.45. The SMILES string of the molecule is CCCCCC(O)c1ccc([C@@H](OCC2CCC(=O)N2)c2ccco2)cc1. The zero-order valence-electron chi connectivity index (χ0n) is 15.9.